The molecule has 2 aromatic carbocycles. The molecule has 3 fully saturated rings. The van der Waals surface area contributed by atoms with Gasteiger partial charge in [0.05, 0.1) is 12.1 Å². The lowest BCUT2D eigenvalue weighted by Gasteiger charge is -2.55. The summed E-state index contributed by atoms with van der Waals surface area (Å²) in [6.07, 6.45) is 17.7. The van der Waals surface area contributed by atoms with E-state index in [0.717, 1.165) is 61.5 Å². The third kappa shape index (κ3) is 4.53. The lowest BCUT2D eigenvalue weighted by molar-refractivity contribution is 0.0623. The monoisotopic (exact) mass is 592 g/mol. The number of benzene rings is 2. The average Bonchev–Trinajstić information content (AvgIpc) is 3.48. The van der Waals surface area contributed by atoms with Gasteiger partial charge in [-0.25, -0.2) is 13.8 Å². The number of piperazine rings is 1. The fraction of sp³-hybridized carbons (Fsp3) is 0.500. The van der Waals surface area contributed by atoms with Gasteiger partial charge in [0.25, 0.3) is 0 Å². The molecular weight excluding hydrogens is 550 g/mol. The Balaban J connectivity index is 1.04. The lowest BCUT2D eigenvalue weighted by atomic mass is 9.75. The molecule has 1 aliphatic heterocycles. The number of halogens is 2. The Labute approximate surface area is 259 Å². The van der Waals surface area contributed by atoms with Crippen molar-refractivity contribution in [2.45, 2.75) is 90.4 Å². The number of aromatic nitrogens is 2. The number of allylic oxidation sites excluding steroid dienone is 4. The van der Waals surface area contributed by atoms with Crippen LogP contribution >= 0.6 is 0 Å². The van der Waals surface area contributed by atoms with Gasteiger partial charge in [0.1, 0.15) is 17.2 Å². The summed E-state index contributed by atoms with van der Waals surface area (Å²) in [5.74, 6) is 3.97. The number of terminal acetylenes is 1. The maximum Gasteiger partial charge on any atom is 0.151 e. The van der Waals surface area contributed by atoms with Crippen LogP contribution in [0.1, 0.15) is 68.0 Å². The van der Waals surface area contributed by atoms with Gasteiger partial charge in [0.2, 0.25) is 0 Å². The molecule has 0 radical (unpaired) electrons. The first kappa shape index (κ1) is 28.1. The first-order valence-electron chi connectivity index (χ1n) is 16.6. The van der Waals surface area contributed by atoms with Gasteiger partial charge >= 0.3 is 0 Å². The molecule has 3 aromatic rings. The first-order chi connectivity index (χ1) is 21.3. The Hall–Kier alpha value is -3.43. The molecule has 0 amide bonds. The molecule has 2 saturated carbocycles. The largest absolute Gasteiger partial charge is 0.365 e. The fourth-order valence-corrected chi connectivity index (χ4v) is 8.76. The number of hydrogen-bond donors (Lipinski definition) is 0. The Morgan fingerprint density at radius 2 is 1.91 bits per heavy atom. The van der Waals surface area contributed by atoms with Gasteiger partial charge in [-0.05, 0) is 91.8 Å². The van der Waals surface area contributed by atoms with Crippen LogP contribution in [-0.2, 0) is 25.9 Å². The highest BCUT2D eigenvalue weighted by molar-refractivity contribution is 5.77. The van der Waals surface area contributed by atoms with Gasteiger partial charge in [-0.15, -0.1) is 6.42 Å². The second kappa shape index (κ2) is 10.6. The highest BCUT2D eigenvalue weighted by Crippen LogP contribution is 2.50. The molecule has 44 heavy (non-hydrogen) atoms. The van der Waals surface area contributed by atoms with Gasteiger partial charge in [-0.2, -0.15) is 0 Å². The fourth-order valence-electron chi connectivity index (χ4n) is 8.76. The summed E-state index contributed by atoms with van der Waals surface area (Å²) in [4.78, 5) is 10.2. The summed E-state index contributed by atoms with van der Waals surface area (Å²) in [6, 6.07) is 11.3. The summed E-state index contributed by atoms with van der Waals surface area (Å²) < 4.78 is 32.7. The number of hydrogen-bond acceptors (Lipinski definition) is 3. The maximum atomic E-state index is 15.3. The van der Waals surface area contributed by atoms with E-state index in [2.05, 4.69) is 51.5 Å². The normalized spacial score (nSPS) is 28.5. The van der Waals surface area contributed by atoms with E-state index in [4.69, 9.17) is 11.4 Å². The number of nitrogens with zero attached hydrogens (tertiary/aromatic N) is 4. The zero-order chi connectivity index (χ0) is 30.2. The maximum absolute atomic E-state index is 15.3. The molecule has 4 atom stereocenters. The highest BCUT2D eigenvalue weighted by Gasteiger charge is 2.46. The first-order valence-corrected chi connectivity index (χ1v) is 16.6. The molecular formula is C38H42F2N4. The summed E-state index contributed by atoms with van der Waals surface area (Å²) >= 11 is 0. The zero-order valence-corrected chi connectivity index (χ0v) is 26.0. The molecule has 1 saturated heterocycles. The molecule has 4 unspecified atom stereocenters. The number of rotatable bonds is 6. The smallest absolute Gasteiger partial charge is 0.151 e. The Kier molecular flexibility index (Phi) is 6.75. The molecule has 4 aliphatic carbocycles. The molecule has 5 aliphatic rings. The van der Waals surface area contributed by atoms with Crippen LogP contribution in [0.25, 0.3) is 11.0 Å². The third-order valence-corrected chi connectivity index (χ3v) is 11.5. The second-order valence-electron chi connectivity index (χ2n) is 14.4. The summed E-state index contributed by atoms with van der Waals surface area (Å²) in [6.45, 7) is 7.79. The number of imidazole rings is 1. The van der Waals surface area contributed by atoms with Gasteiger partial charge in [-0.1, -0.05) is 43.5 Å². The summed E-state index contributed by atoms with van der Waals surface area (Å²) in [5.41, 5.74) is 7.05. The lowest BCUT2D eigenvalue weighted by Crippen LogP contribution is -2.64. The predicted molar refractivity (Wildman–Crippen MR) is 173 cm³/mol. The van der Waals surface area contributed by atoms with Crippen molar-refractivity contribution < 1.29 is 8.78 Å². The van der Waals surface area contributed by atoms with Crippen LogP contribution in [0.4, 0.5) is 14.5 Å². The SMILES string of the molecule is C#CC1C=CC(C2(C)Cc3cccc(N4CCN(Cc5nc6c(F)cc(C)cc6n5CC5CCC5)C5CCC54)c3C2)=C(F)C1. The van der Waals surface area contributed by atoms with Crippen molar-refractivity contribution >= 4 is 16.7 Å². The topological polar surface area (TPSA) is 24.3 Å². The number of anilines is 1. The predicted octanol–water partition coefficient (Wildman–Crippen LogP) is 7.67. The minimum absolute atomic E-state index is 0.0432. The molecule has 2 heterocycles. The van der Waals surface area contributed by atoms with Gasteiger partial charge in [-0.3, -0.25) is 4.90 Å². The van der Waals surface area contributed by atoms with Crippen molar-refractivity contribution in [3.8, 4) is 12.3 Å². The van der Waals surface area contributed by atoms with Crippen molar-refractivity contribution in [2.24, 2.45) is 17.3 Å². The Morgan fingerprint density at radius 1 is 1.07 bits per heavy atom. The minimum Gasteiger partial charge on any atom is -0.365 e. The van der Waals surface area contributed by atoms with E-state index in [1.54, 1.807) is 6.07 Å². The van der Waals surface area contributed by atoms with E-state index < -0.39 is 0 Å². The van der Waals surface area contributed by atoms with Gasteiger partial charge in [0.15, 0.2) is 5.82 Å². The van der Waals surface area contributed by atoms with E-state index in [1.165, 1.54) is 48.9 Å². The Morgan fingerprint density at radius 3 is 2.64 bits per heavy atom. The van der Waals surface area contributed by atoms with Crippen LogP contribution in [0.5, 0.6) is 0 Å². The van der Waals surface area contributed by atoms with Crippen molar-refractivity contribution in [1.82, 2.24) is 14.5 Å². The van der Waals surface area contributed by atoms with Crippen LogP contribution in [0.15, 0.2) is 53.9 Å². The second-order valence-corrected chi connectivity index (χ2v) is 14.4. The van der Waals surface area contributed by atoms with Crippen molar-refractivity contribution in [2.75, 3.05) is 18.0 Å². The molecule has 1 aromatic heterocycles. The minimum atomic E-state index is -0.257. The molecule has 0 spiro atoms. The van der Waals surface area contributed by atoms with Crippen LogP contribution in [0, 0.1) is 42.3 Å². The zero-order valence-electron chi connectivity index (χ0n) is 26.0. The molecule has 8 rings (SSSR count). The van der Waals surface area contributed by atoms with Crippen molar-refractivity contribution in [3.05, 3.63) is 82.2 Å². The third-order valence-electron chi connectivity index (χ3n) is 11.5. The summed E-state index contributed by atoms with van der Waals surface area (Å²) in [5, 5.41) is 0. The number of aryl methyl sites for hydroxylation is 1. The van der Waals surface area contributed by atoms with E-state index in [0.29, 0.717) is 29.9 Å². The van der Waals surface area contributed by atoms with Crippen LogP contribution in [0.2, 0.25) is 0 Å². The quantitative estimate of drug-likeness (QED) is 0.275. The number of fused-ring (bicyclic) bond motifs is 3. The van der Waals surface area contributed by atoms with E-state index in [1.807, 2.05) is 19.1 Å². The highest BCUT2D eigenvalue weighted by atomic mass is 19.1. The van der Waals surface area contributed by atoms with Crippen molar-refractivity contribution in [3.63, 3.8) is 0 Å². The molecule has 0 N–H and O–H groups in total. The van der Waals surface area contributed by atoms with E-state index >= 15 is 8.78 Å². The molecule has 0 bridgehead atoms. The molecule has 4 nitrogen and oxygen atoms in total. The van der Waals surface area contributed by atoms with Gasteiger partial charge < -0.3 is 9.47 Å². The Bertz CT molecular complexity index is 1740. The summed E-state index contributed by atoms with van der Waals surface area (Å²) in [7, 11) is 0. The molecule has 6 heteroatoms. The standard InChI is InChI=1S/C38H42F2N4/c1-4-25-11-12-29(30(39)19-25)38(3)20-27-9-6-10-32(28(27)21-38)43-16-15-42(33-13-14-34(33)43)23-36-41-37-31(40)17-24(2)18-35(37)44(36)22-26-7-5-8-26/h1,6,9-12,17-18,25-26,33-34H,5,7-8,13-16,19-23H2,2-3H3. The van der Waals surface area contributed by atoms with E-state index in [-0.39, 0.29) is 23.0 Å². The van der Waals surface area contributed by atoms with Gasteiger partial charge in [0, 0.05) is 55.2 Å². The molecule has 228 valence electrons. The van der Waals surface area contributed by atoms with Crippen LogP contribution < -0.4 is 4.90 Å². The van der Waals surface area contributed by atoms with Crippen LogP contribution in [0.3, 0.4) is 0 Å². The van der Waals surface area contributed by atoms with Crippen LogP contribution in [-0.4, -0.2) is 39.6 Å². The van der Waals surface area contributed by atoms with E-state index in [9.17, 15) is 0 Å². The van der Waals surface area contributed by atoms with Crippen molar-refractivity contribution in [1.29, 1.82) is 0 Å². The average molecular weight is 593 g/mol.